The van der Waals surface area contributed by atoms with Gasteiger partial charge in [0.25, 0.3) is 5.91 Å². The third kappa shape index (κ3) is 3.41. The maximum absolute atomic E-state index is 12.6. The van der Waals surface area contributed by atoms with Gasteiger partial charge in [-0.05, 0) is 18.9 Å². The van der Waals surface area contributed by atoms with Crippen LogP contribution in [0.2, 0.25) is 0 Å². The number of nitrogens with zero attached hydrogens (tertiary/aromatic N) is 3. The van der Waals surface area contributed by atoms with E-state index in [1.165, 1.54) is 6.20 Å². The van der Waals surface area contributed by atoms with Crippen LogP contribution in [0.4, 0.5) is 0 Å². The molecular formula is C16H19N3O. The van der Waals surface area contributed by atoms with Gasteiger partial charge in [-0.15, -0.1) is 0 Å². The summed E-state index contributed by atoms with van der Waals surface area (Å²) >= 11 is 0. The Labute approximate surface area is 119 Å². The highest BCUT2D eigenvalue weighted by Gasteiger charge is 2.21. The monoisotopic (exact) mass is 269 g/mol. The number of benzene rings is 1. The van der Waals surface area contributed by atoms with Gasteiger partial charge in [0.2, 0.25) is 0 Å². The topological polar surface area (TPSA) is 46.1 Å². The van der Waals surface area contributed by atoms with Gasteiger partial charge in [0.1, 0.15) is 5.69 Å². The van der Waals surface area contributed by atoms with Gasteiger partial charge in [0, 0.05) is 25.0 Å². The first kappa shape index (κ1) is 14.2. The minimum Gasteiger partial charge on any atom is -0.330 e. The fourth-order valence-electron chi connectivity index (χ4n) is 1.98. The van der Waals surface area contributed by atoms with Crippen molar-refractivity contribution in [3.63, 3.8) is 0 Å². The molecule has 0 aliphatic heterocycles. The lowest BCUT2D eigenvalue weighted by atomic mass is 10.1. The van der Waals surface area contributed by atoms with E-state index in [0.29, 0.717) is 12.2 Å². The molecule has 0 saturated carbocycles. The van der Waals surface area contributed by atoms with E-state index in [-0.39, 0.29) is 11.9 Å². The molecule has 1 aromatic carbocycles. The number of carbonyl (C=O) groups excluding carboxylic acids is 1. The van der Waals surface area contributed by atoms with Crippen molar-refractivity contribution in [1.29, 1.82) is 0 Å². The minimum absolute atomic E-state index is 0.0729. The van der Waals surface area contributed by atoms with Crippen molar-refractivity contribution < 1.29 is 4.79 Å². The highest BCUT2D eigenvalue weighted by atomic mass is 16.2. The van der Waals surface area contributed by atoms with E-state index in [1.807, 2.05) is 35.2 Å². The van der Waals surface area contributed by atoms with Gasteiger partial charge in [-0.3, -0.25) is 9.78 Å². The molecular weight excluding hydrogens is 250 g/mol. The molecule has 1 heterocycles. The molecule has 1 atom stereocenters. The molecule has 1 amide bonds. The van der Waals surface area contributed by atoms with Crippen molar-refractivity contribution in [2.75, 3.05) is 0 Å². The fourth-order valence-corrected chi connectivity index (χ4v) is 1.98. The molecule has 0 N–H and O–H groups in total. The summed E-state index contributed by atoms with van der Waals surface area (Å²) in [7, 11) is 0. The van der Waals surface area contributed by atoms with Crippen molar-refractivity contribution >= 4 is 5.91 Å². The molecule has 0 unspecified atom stereocenters. The summed E-state index contributed by atoms with van der Waals surface area (Å²) in [5.74, 6) is -0.0729. The van der Waals surface area contributed by atoms with Crippen LogP contribution in [0.25, 0.3) is 0 Å². The molecule has 0 saturated heterocycles. The highest BCUT2D eigenvalue weighted by molar-refractivity contribution is 5.92. The van der Waals surface area contributed by atoms with Gasteiger partial charge in [0.15, 0.2) is 0 Å². The van der Waals surface area contributed by atoms with Crippen LogP contribution >= 0.6 is 0 Å². The second-order valence-electron chi connectivity index (χ2n) is 4.77. The predicted molar refractivity (Wildman–Crippen MR) is 78.1 cm³/mol. The van der Waals surface area contributed by atoms with Gasteiger partial charge in [-0.1, -0.05) is 37.3 Å². The maximum atomic E-state index is 12.6. The van der Waals surface area contributed by atoms with E-state index in [4.69, 9.17) is 0 Å². The first-order valence-electron chi connectivity index (χ1n) is 6.83. The molecule has 0 bridgehead atoms. The molecule has 0 aliphatic carbocycles. The SMILES string of the molecule is CC[C@@H](C)N(Cc1ccccc1)C(=O)c1cnccn1. The number of hydrogen-bond acceptors (Lipinski definition) is 3. The van der Waals surface area contributed by atoms with E-state index in [2.05, 4.69) is 23.8 Å². The summed E-state index contributed by atoms with van der Waals surface area (Å²) in [6.07, 6.45) is 5.54. The number of hydrogen-bond donors (Lipinski definition) is 0. The van der Waals surface area contributed by atoms with Crippen molar-refractivity contribution in [3.8, 4) is 0 Å². The average molecular weight is 269 g/mol. The standard InChI is InChI=1S/C16H19N3O/c1-3-13(2)19(12-14-7-5-4-6-8-14)16(20)15-11-17-9-10-18-15/h4-11,13H,3,12H2,1-2H3/t13-/m1/s1. The van der Waals surface area contributed by atoms with Gasteiger partial charge in [0.05, 0.1) is 6.20 Å². The van der Waals surface area contributed by atoms with Crippen LogP contribution in [0, 0.1) is 0 Å². The lowest BCUT2D eigenvalue weighted by Crippen LogP contribution is -2.38. The Hall–Kier alpha value is -2.23. The number of aromatic nitrogens is 2. The third-order valence-corrected chi connectivity index (χ3v) is 3.36. The molecule has 0 aliphatic rings. The van der Waals surface area contributed by atoms with Crippen molar-refractivity contribution in [1.82, 2.24) is 14.9 Å². The van der Waals surface area contributed by atoms with Crippen LogP contribution in [0.1, 0.15) is 36.3 Å². The Morgan fingerprint density at radius 1 is 1.25 bits per heavy atom. The Morgan fingerprint density at radius 2 is 2.00 bits per heavy atom. The van der Waals surface area contributed by atoms with Crippen LogP contribution in [-0.4, -0.2) is 26.8 Å². The fraction of sp³-hybridized carbons (Fsp3) is 0.312. The third-order valence-electron chi connectivity index (χ3n) is 3.36. The summed E-state index contributed by atoms with van der Waals surface area (Å²) in [6, 6.07) is 10.2. The van der Waals surface area contributed by atoms with Crippen LogP contribution in [0.3, 0.4) is 0 Å². The van der Waals surface area contributed by atoms with Gasteiger partial charge in [-0.25, -0.2) is 4.98 Å². The minimum atomic E-state index is -0.0729. The van der Waals surface area contributed by atoms with E-state index in [9.17, 15) is 4.79 Å². The summed E-state index contributed by atoms with van der Waals surface area (Å²) in [4.78, 5) is 22.5. The predicted octanol–water partition coefficient (Wildman–Crippen LogP) is 2.92. The molecule has 1 aromatic heterocycles. The zero-order valence-corrected chi connectivity index (χ0v) is 11.9. The molecule has 20 heavy (non-hydrogen) atoms. The Balaban J connectivity index is 2.22. The van der Waals surface area contributed by atoms with Gasteiger partial charge < -0.3 is 4.90 Å². The number of rotatable bonds is 5. The zero-order valence-electron chi connectivity index (χ0n) is 11.9. The smallest absolute Gasteiger partial charge is 0.274 e. The Kier molecular flexibility index (Phi) is 4.82. The molecule has 104 valence electrons. The second-order valence-corrected chi connectivity index (χ2v) is 4.77. The van der Waals surface area contributed by atoms with Crippen LogP contribution in [0.5, 0.6) is 0 Å². The average Bonchev–Trinajstić information content (AvgIpc) is 2.53. The quantitative estimate of drug-likeness (QED) is 0.838. The van der Waals surface area contributed by atoms with Crippen LogP contribution in [-0.2, 0) is 6.54 Å². The van der Waals surface area contributed by atoms with E-state index in [0.717, 1.165) is 12.0 Å². The molecule has 0 fully saturated rings. The largest absolute Gasteiger partial charge is 0.330 e. The molecule has 0 radical (unpaired) electrons. The normalized spacial score (nSPS) is 11.9. The molecule has 4 heteroatoms. The summed E-state index contributed by atoms with van der Waals surface area (Å²) in [6.45, 7) is 4.72. The van der Waals surface area contributed by atoms with E-state index < -0.39 is 0 Å². The van der Waals surface area contributed by atoms with E-state index >= 15 is 0 Å². The van der Waals surface area contributed by atoms with Gasteiger partial charge >= 0.3 is 0 Å². The van der Waals surface area contributed by atoms with Crippen molar-refractivity contribution in [2.45, 2.75) is 32.9 Å². The van der Waals surface area contributed by atoms with Crippen molar-refractivity contribution in [3.05, 3.63) is 60.2 Å². The summed E-state index contributed by atoms with van der Waals surface area (Å²) < 4.78 is 0. The lowest BCUT2D eigenvalue weighted by Gasteiger charge is -2.28. The highest BCUT2D eigenvalue weighted by Crippen LogP contribution is 2.13. The molecule has 2 aromatic rings. The maximum Gasteiger partial charge on any atom is 0.274 e. The Bertz CT molecular complexity index is 542. The molecule has 2 rings (SSSR count). The van der Waals surface area contributed by atoms with Crippen LogP contribution < -0.4 is 0 Å². The number of amides is 1. The number of carbonyl (C=O) groups is 1. The van der Waals surface area contributed by atoms with Crippen molar-refractivity contribution in [2.24, 2.45) is 0 Å². The Morgan fingerprint density at radius 3 is 2.60 bits per heavy atom. The van der Waals surface area contributed by atoms with Gasteiger partial charge in [-0.2, -0.15) is 0 Å². The molecule has 0 spiro atoms. The second kappa shape index (κ2) is 6.80. The first-order chi connectivity index (χ1) is 9.72. The van der Waals surface area contributed by atoms with Crippen LogP contribution in [0.15, 0.2) is 48.9 Å². The first-order valence-corrected chi connectivity index (χ1v) is 6.83. The molecule has 4 nitrogen and oxygen atoms in total. The lowest BCUT2D eigenvalue weighted by molar-refractivity contribution is 0.0665. The van der Waals surface area contributed by atoms with E-state index in [1.54, 1.807) is 12.4 Å². The summed E-state index contributed by atoms with van der Waals surface area (Å²) in [5, 5.41) is 0. The summed E-state index contributed by atoms with van der Waals surface area (Å²) in [5.41, 5.74) is 1.51. The zero-order chi connectivity index (χ0) is 14.4.